The van der Waals surface area contributed by atoms with Gasteiger partial charge in [-0.3, -0.25) is 5.01 Å². The number of esters is 1. The Morgan fingerprint density at radius 1 is 1.44 bits per heavy atom. The smallest absolute Gasteiger partial charge is 0.355 e. The van der Waals surface area contributed by atoms with E-state index in [2.05, 4.69) is 0 Å². The predicted octanol–water partition coefficient (Wildman–Crippen LogP) is 0.730. The van der Waals surface area contributed by atoms with Crippen LogP contribution in [0.3, 0.4) is 0 Å². The molecule has 0 fully saturated rings. The highest BCUT2D eigenvalue weighted by Gasteiger charge is 2.07. The van der Waals surface area contributed by atoms with Gasteiger partial charge in [0.1, 0.15) is 5.70 Å². The van der Waals surface area contributed by atoms with Crippen molar-refractivity contribution in [2.75, 3.05) is 11.6 Å². The van der Waals surface area contributed by atoms with Crippen molar-refractivity contribution >= 4 is 11.7 Å². The highest BCUT2D eigenvalue weighted by molar-refractivity contribution is 5.87. The molecule has 0 aliphatic rings. The fraction of sp³-hybridized carbons (Fsp3) is 0.182. The van der Waals surface area contributed by atoms with Gasteiger partial charge in [-0.2, -0.15) is 0 Å². The van der Waals surface area contributed by atoms with Crippen LogP contribution < -0.4 is 16.6 Å². The van der Waals surface area contributed by atoms with Crippen molar-refractivity contribution in [1.29, 1.82) is 0 Å². The Morgan fingerprint density at radius 2 is 2.06 bits per heavy atom. The minimum absolute atomic E-state index is 0.0341. The standard InChI is InChI=1S/C11H15N3O2/c1-2-16-11(15)10(12)8-14(13)9-6-4-3-5-7-9/h3-8H,2,12-13H2,1H3/b10-8-. The van der Waals surface area contributed by atoms with Gasteiger partial charge in [0.15, 0.2) is 0 Å². The van der Waals surface area contributed by atoms with Crippen LogP contribution in [0.2, 0.25) is 0 Å². The van der Waals surface area contributed by atoms with E-state index in [0.29, 0.717) is 0 Å². The van der Waals surface area contributed by atoms with Crippen molar-refractivity contribution in [2.45, 2.75) is 6.92 Å². The number of carbonyl (C=O) groups excluding carboxylic acids is 1. The lowest BCUT2D eigenvalue weighted by Crippen LogP contribution is -2.28. The molecule has 0 aromatic heterocycles. The summed E-state index contributed by atoms with van der Waals surface area (Å²) in [4.78, 5) is 11.2. The first-order chi connectivity index (χ1) is 7.65. The van der Waals surface area contributed by atoms with Crippen molar-refractivity contribution in [3.63, 3.8) is 0 Å². The van der Waals surface area contributed by atoms with E-state index in [1.807, 2.05) is 18.2 Å². The van der Waals surface area contributed by atoms with Gasteiger partial charge in [-0.25, -0.2) is 10.6 Å². The highest BCUT2D eigenvalue weighted by Crippen LogP contribution is 2.09. The number of anilines is 1. The molecule has 0 saturated carbocycles. The molecule has 0 heterocycles. The van der Waals surface area contributed by atoms with Gasteiger partial charge in [0.05, 0.1) is 18.5 Å². The largest absolute Gasteiger partial charge is 0.461 e. The maximum atomic E-state index is 11.2. The molecule has 5 nitrogen and oxygen atoms in total. The molecule has 1 aromatic carbocycles. The Balaban J connectivity index is 2.73. The third kappa shape index (κ3) is 3.29. The summed E-state index contributed by atoms with van der Waals surface area (Å²) >= 11 is 0. The van der Waals surface area contributed by atoms with Gasteiger partial charge in [-0.1, -0.05) is 18.2 Å². The van der Waals surface area contributed by atoms with Gasteiger partial charge >= 0.3 is 5.97 Å². The van der Waals surface area contributed by atoms with Crippen molar-refractivity contribution in [3.8, 4) is 0 Å². The fourth-order valence-corrected chi connectivity index (χ4v) is 1.09. The Hall–Kier alpha value is -2.01. The molecule has 1 aromatic rings. The van der Waals surface area contributed by atoms with E-state index in [0.717, 1.165) is 5.69 Å². The number of nitrogens with zero attached hydrogens (tertiary/aromatic N) is 1. The Kier molecular flexibility index (Phi) is 4.35. The monoisotopic (exact) mass is 221 g/mol. The maximum Gasteiger partial charge on any atom is 0.355 e. The number of nitrogens with two attached hydrogens (primary N) is 2. The average Bonchev–Trinajstić information content (AvgIpc) is 2.30. The van der Waals surface area contributed by atoms with E-state index in [1.54, 1.807) is 19.1 Å². The van der Waals surface area contributed by atoms with E-state index >= 15 is 0 Å². The number of hydrazine groups is 1. The minimum atomic E-state index is -0.575. The predicted molar refractivity (Wildman–Crippen MR) is 62.0 cm³/mol. The molecule has 1 rings (SSSR count). The third-order valence-corrected chi connectivity index (χ3v) is 1.84. The zero-order valence-electron chi connectivity index (χ0n) is 9.09. The second kappa shape index (κ2) is 5.77. The van der Waals surface area contributed by atoms with Crippen molar-refractivity contribution < 1.29 is 9.53 Å². The number of hydrogen-bond donors (Lipinski definition) is 2. The van der Waals surface area contributed by atoms with Gasteiger partial charge < -0.3 is 10.5 Å². The lowest BCUT2D eigenvalue weighted by atomic mass is 10.3. The molecular weight excluding hydrogens is 206 g/mol. The number of hydrogen-bond acceptors (Lipinski definition) is 5. The van der Waals surface area contributed by atoms with Crippen LogP contribution in [-0.2, 0) is 9.53 Å². The van der Waals surface area contributed by atoms with Crippen LogP contribution in [0.5, 0.6) is 0 Å². The molecule has 0 spiro atoms. The zero-order valence-corrected chi connectivity index (χ0v) is 9.09. The molecule has 0 bridgehead atoms. The minimum Gasteiger partial charge on any atom is -0.461 e. The summed E-state index contributed by atoms with van der Waals surface area (Å²) in [5.74, 6) is 5.12. The summed E-state index contributed by atoms with van der Waals surface area (Å²) in [6.45, 7) is 1.99. The SMILES string of the molecule is CCOC(=O)/C(N)=C/N(N)c1ccccc1. The lowest BCUT2D eigenvalue weighted by molar-refractivity contribution is -0.138. The summed E-state index contributed by atoms with van der Waals surface area (Å²) in [5.41, 5.74) is 6.20. The van der Waals surface area contributed by atoms with Gasteiger partial charge in [0.25, 0.3) is 0 Å². The van der Waals surface area contributed by atoms with Gasteiger partial charge in [0, 0.05) is 0 Å². The van der Waals surface area contributed by atoms with Gasteiger partial charge in [0.2, 0.25) is 0 Å². The van der Waals surface area contributed by atoms with Crippen molar-refractivity contribution in [1.82, 2.24) is 0 Å². The molecule has 0 unspecified atom stereocenters. The molecule has 0 amide bonds. The lowest BCUT2D eigenvalue weighted by Gasteiger charge is -2.14. The molecule has 0 aliphatic carbocycles. The second-order valence-electron chi connectivity index (χ2n) is 3.05. The van der Waals surface area contributed by atoms with Gasteiger partial charge in [-0.15, -0.1) is 0 Å². The maximum absolute atomic E-state index is 11.2. The summed E-state index contributed by atoms with van der Waals surface area (Å²) in [6, 6.07) is 9.15. The normalized spacial score (nSPS) is 11.0. The third-order valence-electron chi connectivity index (χ3n) is 1.84. The Morgan fingerprint density at radius 3 is 2.62 bits per heavy atom. The first kappa shape index (κ1) is 12.1. The van der Waals surface area contributed by atoms with Gasteiger partial charge in [-0.05, 0) is 19.1 Å². The van der Waals surface area contributed by atoms with Crippen molar-refractivity contribution in [3.05, 3.63) is 42.2 Å². The molecule has 0 aliphatic heterocycles. The molecule has 5 heteroatoms. The molecular formula is C11H15N3O2. The van der Waals surface area contributed by atoms with E-state index < -0.39 is 5.97 Å². The number of para-hydroxylation sites is 1. The van der Waals surface area contributed by atoms with Crippen LogP contribution in [0.25, 0.3) is 0 Å². The van der Waals surface area contributed by atoms with Crippen LogP contribution in [-0.4, -0.2) is 12.6 Å². The fourth-order valence-electron chi connectivity index (χ4n) is 1.09. The van der Waals surface area contributed by atoms with Crippen molar-refractivity contribution in [2.24, 2.45) is 11.6 Å². The van der Waals surface area contributed by atoms with E-state index in [9.17, 15) is 4.79 Å². The van der Waals surface area contributed by atoms with E-state index in [-0.39, 0.29) is 12.3 Å². The molecule has 0 atom stereocenters. The van der Waals surface area contributed by atoms with E-state index in [4.69, 9.17) is 16.3 Å². The summed E-state index contributed by atoms with van der Waals surface area (Å²) in [7, 11) is 0. The molecule has 16 heavy (non-hydrogen) atoms. The average molecular weight is 221 g/mol. The van der Waals surface area contributed by atoms with Crippen LogP contribution in [0.15, 0.2) is 42.2 Å². The number of carbonyl (C=O) groups is 1. The summed E-state index contributed by atoms with van der Waals surface area (Å²) in [6.07, 6.45) is 1.33. The van der Waals surface area contributed by atoms with Crippen LogP contribution in [0.4, 0.5) is 5.69 Å². The zero-order chi connectivity index (χ0) is 12.0. The molecule has 0 saturated heterocycles. The summed E-state index contributed by atoms with van der Waals surface area (Å²) < 4.78 is 4.73. The van der Waals surface area contributed by atoms with Crippen LogP contribution in [0, 0.1) is 0 Å². The van der Waals surface area contributed by atoms with E-state index in [1.165, 1.54) is 11.2 Å². The number of rotatable bonds is 4. The summed E-state index contributed by atoms with van der Waals surface area (Å²) in [5, 5.41) is 1.27. The van der Waals surface area contributed by atoms with Crippen LogP contribution >= 0.6 is 0 Å². The first-order valence-electron chi connectivity index (χ1n) is 4.88. The number of ether oxygens (including phenoxy) is 1. The number of benzene rings is 1. The molecule has 4 N–H and O–H groups in total. The second-order valence-corrected chi connectivity index (χ2v) is 3.05. The first-order valence-corrected chi connectivity index (χ1v) is 4.88. The quantitative estimate of drug-likeness (QED) is 0.339. The highest BCUT2D eigenvalue weighted by atomic mass is 16.5. The Bertz CT molecular complexity index is 376. The molecule has 0 radical (unpaired) electrons. The topological polar surface area (TPSA) is 81.6 Å². The van der Waals surface area contributed by atoms with Crippen LogP contribution in [0.1, 0.15) is 6.92 Å². The molecule has 86 valence electrons. The Labute approximate surface area is 94.3 Å².